The van der Waals surface area contributed by atoms with Crippen LogP contribution in [0.3, 0.4) is 0 Å². The van der Waals surface area contributed by atoms with Gasteiger partial charge >= 0.3 is 0 Å². The molecule has 0 bridgehead atoms. The molecule has 20 heavy (non-hydrogen) atoms. The summed E-state index contributed by atoms with van der Waals surface area (Å²) < 4.78 is 13.4. The molecule has 2 rings (SSSR count). The van der Waals surface area contributed by atoms with Crippen LogP contribution in [0.25, 0.3) is 0 Å². The first-order valence-electron chi connectivity index (χ1n) is 5.91. The number of hydrogen-bond acceptors (Lipinski definition) is 2. The molecule has 94 valence electrons. The first-order valence-corrected chi connectivity index (χ1v) is 5.91. The Morgan fingerprint density at radius 2 is 1.60 bits per heavy atom. The Morgan fingerprint density at radius 1 is 0.900 bits per heavy atom. The van der Waals surface area contributed by atoms with Crippen molar-refractivity contribution in [1.29, 1.82) is 10.5 Å². The summed E-state index contributed by atoms with van der Waals surface area (Å²) in [5.74, 6) is 5.32. The van der Waals surface area contributed by atoms with E-state index in [1.165, 1.54) is 12.2 Å². The van der Waals surface area contributed by atoms with Crippen molar-refractivity contribution >= 4 is 0 Å². The molecular weight excluding hydrogens is 251 g/mol. The second kappa shape index (κ2) is 6.19. The lowest BCUT2D eigenvalue weighted by Gasteiger charge is -1.92. The standard InChI is InChI=1S/C17H9FN2/c18-17-8-7-16(12-20)9-15(10-17)6-3-13-1-4-14(11-19)5-2-13/h1-2,4-5,8-10H,7H2. The zero-order valence-corrected chi connectivity index (χ0v) is 10.5. The molecule has 0 N–H and O–H groups in total. The Kier molecular flexibility index (Phi) is 4.13. The molecular formula is C17H9FN2. The molecule has 0 radical (unpaired) electrons. The van der Waals surface area contributed by atoms with Crippen molar-refractivity contribution in [3.8, 4) is 24.0 Å². The van der Waals surface area contributed by atoms with E-state index in [0.29, 0.717) is 16.7 Å². The molecule has 1 aliphatic carbocycles. The molecule has 0 saturated heterocycles. The van der Waals surface area contributed by atoms with Gasteiger partial charge in [0.25, 0.3) is 0 Å². The maximum absolute atomic E-state index is 13.4. The highest BCUT2D eigenvalue weighted by Crippen LogP contribution is 2.16. The van der Waals surface area contributed by atoms with Crippen LogP contribution in [0.15, 0.2) is 59.5 Å². The number of benzene rings is 1. The van der Waals surface area contributed by atoms with E-state index in [-0.39, 0.29) is 6.42 Å². The van der Waals surface area contributed by atoms with Crippen molar-refractivity contribution < 1.29 is 4.39 Å². The molecule has 2 nitrogen and oxygen atoms in total. The van der Waals surface area contributed by atoms with Crippen molar-refractivity contribution in [1.82, 2.24) is 0 Å². The molecule has 1 aromatic rings. The lowest BCUT2D eigenvalue weighted by molar-refractivity contribution is 0.662. The van der Waals surface area contributed by atoms with E-state index >= 15 is 0 Å². The fourth-order valence-corrected chi connectivity index (χ4v) is 1.63. The molecule has 0 aliphatic heterocycles. The van der Waals surface area contributed by atoms with E-state index in [1.807, 2.05) is 12.1 Å². The van der Waals surface area contributed by atoms with E-state index in [2.05, 4.69) is 11.8 Å². The highest BCUT2D eigenvalue weighted by Gasteiger charge is 2.03. The van der Waals surface area contributed by atoms with Gasteiger partial charge in [0.2, 0.25) is 0 Å². The normalized spacial score (nSPS) is 13.4. The van der Waals surface area contributed by atoms with Crippen LogP contribution in [0, 0.1) is 34.5 Å². The molecule has 0 unspecified atom stereocenters. The van der Waals surface area contributed by atoms with Crippen molar-refractivity contribution in [3.05, 3.63) is 70.6 Å². The lowest BCUT2D eigenvalue weighted by Crippen LogP contribution is -1.79. The Balaban J connectivity index is 2.29. The molecule has 0 aromatic heterocycles. The van der Waals surface area contributed by atoms with Gasteiger partial charge in [-0.25, -0.2) is 4.39 Å². The summed E-state index contributed by atoms with van der Waals surface area (Å²) in [6, 6.07) is 10.8. The molecule has 1 aromatic carbocycles. The summed E-state index contributed by atoms with van der Waals surface area (Å²) in [5, 5.41) is 17.6. The monoisotopic (exact) mass is 260 g/mol. The molecule has 0 saturated carbocycles. The first kappa shape index (κ1) is 13.3. The first-order chi connectivity index (χ1) is 9.71. The molecule has 1 aliphatic rings. The summed E-state index contributed by atoms with van der Waals surface area (Å²) in [7, 11) is 0. The molecule has 0 spiro atoms. The van der Waals surface area contributed by atoms with Crippen LogP contribution in [0.2, 0.25) is 0 Å². The van der Waals surface area contributed by atoms with Crippen molar-refractivity contribution in [2.45, 2.75) is 6.42 Å². The van der Waals surface area contributed by atoms with E-state index in [9.17, 15) is 4.39 Å². The second-order valence-electron chi connectivity index (χ2n) is 4.11. The number of allylic oxidation sites excluding steroid dienone is 6. The minimum Gasteiger partial charge on any atom is -0.207 e. The Morgan fingerprint density at radius 3 is 2.25 bits per heavy atom. The van der Waals surface area contributed by atoms with Gasteiger partial charge in [0.1, 0.15) is 5.83 Å². The topological polar surface area (TPSA) is 47.6 Å². The average molecular weight is 260 g/mol. The summed E-state index contributed by atoms with van der Waals surface area (Å²) in [4.78, 5) is 0. The van der Waals surface area contributed by atoms with E-state index in [4.69, 9.17) is 10.5 Å². The largest absolute Gasteiger partial charge is 0.207 e. The van der Waals surface area contributed by atoms with Crippen LogP contribution in [-0.2, 0) is 0 Å². The lowest BCUT2D eigenvalue weighted by atomic mass is 10.1. The van der Waals surface area contributed by atoms with Crippen LogP contribution in [0.4, 0.5) is 4.39 Å². The van der Waals surface area contributed by atoms with Crippen molar-refractivity contribution in [2.75, 3.05) is 0 Å². The SMILES string of the molecule is N#CC1=CC(C#Cc2ccc(C#N)cc2)=CC(F)=CC1. The Hall–Kier alpha value is -3.09. The molecule has 0 amide bonds. The highest BCUT2D eigenvalue weighted by molar-refractivity contribution is 5.51. The molecule has 3 heteroatoms. The van der Waals surface area contributed by atoms with Crippen LogP contribution in [-0.4, -0.2) is 0 Å². The smallest absolute Gasteiger partial charge is 0.120 e. The van der Waals surface area contributed by atoms with Gasteiger partial charge < -0.3 is 0 Å². The van der Waals surface area contributed by atoms with Crippen molar-refractivity contribution in [2.24, 2.45) is 0 Å². The maximum Gasteiger partial charge on any atom is 0.120 e. The van der Waals surface area contributed by atoms with E-state index < -0.39 is 5.83 Å². The van der Waals surface area contributed by atoms with Gasteiger partial charge in [0, 0.05) is 23.1 Å². The number of hydrogen-bond donors (Lipinski definition) is 0. The Bertz CT molecular complexity index is 754. The third-order valence-corrected chi connectivity index (χ3v) is 2.65. The van der Waals surface area contributed by atoms with Crippen LogP contribution < -0.4 is 0 Å². The van der Waals surface area contributed by atoms with Gasteiger partial charge in [0.15, 0.2) is 0 Å². The van der Waals surface area contributed by atoms with Gasteiger partial charge in [0.05, 0.1) is 17.7 Å². The summed E-state index contributed by atoms with van der Waals surface area (Å²) in [6.45, 7) is 0. The van der Waals surface area contributed by atoms with Gasteiger partial charge in [-0.15, -0.1) is 0 Å². The molecule has 0 fully saturated rings. The number of nitrogens with zero attached hydrogens (tertiary/aromatic N) is 2. The number of rotatable bonds is 0. The van der Waals surface area contributed by atoms with Gasteiger partial charge in [-0.2, -0.15) is 10.5 Å². The van der Waals surface area contributed by atoms with Gasteiger partial charge in [-0.05, 0) is 42.5 Å². The predicted octanol–water partition coefficient (Wildman–Crippen LogP) is 3.54. The number of nitriles is 2. The van der Waals surface area contributed by atoms with Crippen LogP contribution in [0.1, 0.15) is 17.5 Å². The predicted molar refractivity (Wildman–Crippen MR) is 73.6 cm³/mol. The van der Waals surface area contributed by atoms with Gasteiger partial charge in [-0.3, -0.25) is 0 Å². The third-order valence-electron chi connectivity index (χ3n) is 2.65. The zero-order valence-electron chi connectivity index (χ0n) is 10.5. The quantitative estimate of drug-likeness (QED) is 0.670. The Labute approximate surface area is 116 Å². The second-order valence-corrected chi connectivity index (χ2v) is 4.11. The van der Waals surface area contributed by atoms with Crippen LogP contribution >= 0.6 is 0 Å². The minimum absolute atomic E-state index is 0.279. The fourth-order valence-electron chi connectivity index (χ4n) is 1.63. The van der Waals surface area contributed by atoms with E-state index in [1.54, 1.807) is 30.3 Å². The molecule has 0 atom stereocenters. The highest BCUT2D eigenvalue weighted by atomic mass is 19.1. The van der Waals surface area contributed by atoms with E-state index in [0.717, 1.165) is 5.56 Å². The fraction of sp³-hybridized carbons (Fsp3) is 0.0588. The summed E-state index contributed by atoms with van der Waals surface area (Å²) in [6.07, 6.45) is 4.52. The minimum atomic E-state index is -0.393. The molecule has 0 heterocycles. The third kappa shape index (κ3) is 3.45. The summed E-state index contributed by atoms with van der Waals surface area (Å²) in [5.41, 5.74) is 2.21. The zero-order chi connectivity index (χ0) is 14.4. The summed E-state index contributed by atoms with van der Waals surface area (Å²) >= 11 is 0. The van der Waals surface area contributed by atoms with Gasteiger partial charge in [-0.1, -0.05) is 11.8 Å². The van der Waals surface area contributed by atoms with Crippen molar-refractivity contribution in [3.63, 3.8) is 0 Å². The average Bonchev–Trinajstić information content (AvgIpc) is 2.67. The number of halogens is 1. The van der Waals surface area contributed by atoms with Crippen LogP contribution in [0.5, 0.6) is 0 Å². The maximum atomic E-state index is 13.4.